The van der Waals surface area contributed by atoms with Crippen LogP contribution < -0.4 is 9.47 Å². The van der Waals surface area contributed by atoms with Crippen molar-refractivity contribution in [1.82, 2.24) is 0 Å². The van der Waals surface area contributed by atoms with Gasteiger partial charge in [-0.1, -0.05) is 39.7 Å². The van der Waals surface area contributed by atoms with E-state index in [0.29, 0.717) is 6.79 Å². The molecule has 1 heterocycles. The van der Waals surface area contributed by atoms with Crippen LogP contribution in [0.5, 0.6) is 11.5 Å². The summed E-state index contributed by atoms with van der Waals surface area (Å²) in [5.41, 5.74) is 1.29. The van der Waals surface area contributed by atoms with Crippen molar-refractivity contribution in [3.8, 4) is 11.5 Å². The molecule has 0 aromatic heterocycles. The van der Waals surface area contributed by atoms with E-state index in [4.69, 9.17) is 9.47 Å². The molecule has 1 aliphatic heterocycles. The van der Waals surface area contributed by atoms with Gasteiger partial charge in [-0.3, -0.25) is 0 Å². The van der Waals surface area contributed by atoms with Crippen molar-refractivity contribution in [2.24, 2.45) is 0 Å². The molecule has 0 bridgehead atoms. The normalized spacial score (nSPS) is 11.9. The van der Waals surface area contributed by atoms with Crippen molar-refractivity contribution in [1.29, 1.82) is 0 Å². The molecule has 84 valence electrons. The Hall–Kier alpha value is -1.18. The summed E-state index contributed by atoms with van der Waals surface area (Å²) in [6, 6.07) is 6.05. The molecule has 0 aliphatic carbocycles. The molecule has 0 N–H and O–H groups in total. The summed E-state index contributed by atoms with van der Waals surface area (Å²) in [7, 11) is 0. The molecular formula is C13H20O2. The summed E-state index contributed by atoms with van der Waals surface area (Å²) in [6.07, 6.45) is 3.68. The minimum absolute atomic E-state index is 0.364. The van der Waals surface area contributed by atoms with Gasteiger partial charge in [0.2, 0.25) is 6.79 Å². The fourth-order valence-corrected chi connectivity index (χ4v) is 1.16. The standard InChI is InChI=1S/C9H10O2.C4H10/c1-2-7-3-4-8-9(5-7)11-6-10-8;1-3-4-2/h3-5H,2,6H2,1H3;3-4H2,1-2H3. The molecule has 0 amide bonds. The van der Waals surface area contributed by atoms with E-state index < -0.39 is 0 Å². The summed E-state index contributed by atoms with van der Waals surface area (Å²) in [4.78, 5) is 0. The first-order valence-corrected chi connectivity index (χ1v) is 5.70. The van der Waals surface area contributed by atoms with Crippen LogP contribution in [0.15, 0.2) is 18.2 Å². The molecule has 0 atom stereocenters. The largest absolute Gasteiger partial charge is 0.454 e. The lowest BCUT2D eigenvalue weighted by Gasteiger charge is -1.97. The van der Waals surface area contributed by atoms with E-state index in [-0.39, 0.29) is 0 Å². The minimum atomic E-state index is 0.364. The molecule has 0 saturated carbocycles. The highest BCUT2D eigenvalue weighted by Gasteiger charge is 2.11. The van der Waals surface area contributed by atoms with E-state index >= 15 is 0 Å². The lowest BCUT2D eigenvalue weighted by Crippen LogP contribution is -1.92. The Bertz CT molecular complexity index is 293. The van der Waals surface area contributed by atoms with Crippen LogP contribution in [-0.4, -0.2) is 6.79 Å². The molecule has 2 nitrogen and oxygen atoms in total. The highest BCUT2D eigenvalue weighted by molar-refractivity contribution is 5.44. The molecular weight excluding hydrogens is 188 g/mol. The van der Waals surface area contributed by atoms with Crippen molar-refractivity contribution in [3.05, 3.63) is 23.8 Å². The quantitative estimate of drug-likeness (QED) is 0.736. The van der Waals surface area contributed by atoms with Crippen molar-refractivity contribution >= 4 is 0 Å². The predicted octanol–water partition coefficient (Wildman–Crippen LogP) is 3.78. The average Bonchev–Trinajstić information content (AvgIpc) is 2.76. The van der Waals surface area contributed by atoms with Crippen molar-refractivity contribution in [3.63, 3.8) is 0 Å². The van der Waals surface area contributed by atoms with Gasteiger partial charge in [0.25, 0.3) is 0 Å². The molecule has 1 aliphatic rings. The maximum Gasteiger partial charge on any atom is 0.231 e. The third-order valence-corrected chi connectivity index (χ3v) is 2.35. The van der Waals surface area contributed by atoms with E-state index in [1.165, 1.54) is 18.4 Å². The highest BCUT2D eigenvalue weighted by atomic mass is 16.7. The fraction of sp³-hybridized carbons (Fsp3) is 0.538. The van der Waals surface area contributed by atoms with Crippen LogP contribution in [0.3, 0.4) is 0 Å². The van der Waals surface area contributed by atoms with Crippen molar-refractivity contribution in [2.75, 3.05) is 6.79 Å². The van der Waals surface area contributed by atoms with Gasteiger partial charge in [-0.15, -0.1) is 0 Å². The van der Waals surface area contributed by atoms with Gasteiger partial charge in [-0.05, 0) is 24.1 Å². The lowest BCUT2D eigenvalue weighted by atomic mass is 10.1. The van der Waals surface area contributed by atoms with Crippen LogP contribution in [0, 0.1) is 0 Å². The van der Waals surface area contributed by atoms with E-state index in [9.17, 15) is 0 Å². The Morgan fingerprint density at radius 3 is 2.27 bits per heavy atom. The van der Waals surface area contributed by atoms with Crippen molar-refractivity contribution in [2.45, 2.75) is 40.0 Å². The van der Waals surface area contributed by atoms with Crippen LogP contribution >= 0.6 is 0 Å². The second-order valence-electron chi connectivity index (χ2n) is 3.54. The Balaban J connectivity index is 0.000000245. The summed E-state index contributed by atoms with van der Waals surface area (Å²) < 4.78 is 10.4. The Morgan fingerprint density at radius 1 is 1.00 bits per heavy atom. The van der Waals surface area contributed by atoms with Gasteiger partial charge in [0, 0.05) is 0 Å². The fourth-order valence-electron chi connectivity index (χ4n) is 1.16. The molecule has 0 radical (unpaired) electrons. The molecule has 2 heteroatoms. The predicted molar refractivity (Wildman–Crippen MR) is 62.5 cm³/mol. The zero-order valence-electron chi connectivity index (χ0n) is 9.88. The minimum Gasteiger partial charge on any atom is -0.454 e. The van der Waals surface area contributed by atoms with Crippen LogP contribution in [0.2, 0.25) is 0 Å². The maximum absolute atomic E-state index is 5.22. The summed E-state index contributed by atoms with van der Waals surface area (Å²) in [5.74, 6) is 1.74. The van der Waals surface area contributed by atoms with Crippen LogP contribution in [-0.2, 0) is 6.42 Å². The second-order valence-corrected chi connectivity index (χ2v) is 3.54. The van der Waals surface area contributed by atoms with Crippen LogP contribution in [0.4, 0.5) is 0 Å². The summed E-state index contributed by atoms with van der Waals surface area (Å²) in [5, 5.41) is 0. The molecule has 0 fully saturated rings. The zero-order valence-corrected chi connectivity index (χ0v) is 9.88. The first-order valence-electron chi connectivity index (χ1n) is 5.70. The maximum atomic E-state index is 5.22. The molecule has 15 heavy (non-hydrogen) atoms. The van der Waals surface area contributed by atoms with Crippen LogP contribution in [0.25, 0.3) is 0 Å². The zero-order chi connectivity index (χ0) is 11.1. The molecule has 0 spiro atoms. The number of hydrogen-bond acceptors (Lipinski definition) is 2. The van der Waals surface area contributed by atoms with Gasteiger partial charge in [0.15, 0.2) is 11.5 Å². The lowest BCUT2D eigenvalue weighted by molar-refractivity contribution is 0.174. The van der Waals surface area contributed by atoms with Gasteiger partial charge >= 0.3 is 0 Å². The van der Waals surface area contributed by atoms with Gasteiger partial charge in [0.05, 0.1) is 0 Å². The molecule has 1 aromatic rings. The van der Waals surface area contributed by atoms with Crippen molar-refractivity contribution < 1.29 is 9.47 Å². The number of hydrogen-bond donors (Lipinski definition) is 0. The Kier molecular flexibility index (Phi) is 5.02. The van der Waals surface area contributed by atoms with E-state index in [0.717, 1.165) is 17.9 Å². The van der Waals surface area contributed by atoms with E-state index in [1.807, 2.05) is 12.1 Å². The van der Waals surface area contributed by atoms with Gasteiger partial charge in [-0.2, -0.15) is 0 Å². The first kappa shape index (κ1) is 11.9. The third kappa shape index (κ3) is 3.46. The van der Waals surface area contributed by atoms with E-state index in [1.54, 1.807) is 0 Å². The number of ether oxygens (including phenoxy) is 2. The van der Waals surface area contributed by atoms with Gasteiger partial charge in [-0.25, -0.2) is 0 Å². The number of unbranched alkanes of at least 4 members (excludes halogenated alkanes) is 1. The monoisotopic (exact) mass is 208 g/mol. The topological polar surface area (TPSA) is 18.5 Å². The number of benzene rings is 1. The molecule has 0 unspecified atom stereocenters. The molecule has 1 aromatic carbocycles. The number of rotatable bonds is 2. The third-order valence-electron chi connectivity index (χ3n) is 2.35. The van der Waals surface area contributed by atoms with Crippen LogP contribution in [0.1, 0.15) is 39.2 Å². The Morgan fingerprint density at radius 2 is 1.67 bits per heavy atom. The van der Waals surface area contributed by atoms with Gasteiger partial charge < -0.3 is 9.47 Å². The summed E-state index contributed by atoms with van der Waals surface area (Å²) in [6.45, 7) is 6.85. The van der Waals surface area contributed by atoms with Gasteiger partial charge in [0.1, 0.15) is 0 Å². The summed E-state index contributed by atoms with van der Waals surface area (Å²) >= 11 is 0. The average molecular weight is 208 g/mol. The highest BCUT2D eigenvalue weighted by Crippen LogP contribution is 2.32. The molecule has 2 rings (SSSR count). The second kappa shape index (κ2) is 6.33. The SMILES string of the molecule is CCCC.CCc1ccc2c(c1)OCO2. The van der Waals surface area contributed by atoms with E-state index in [2.05, 4.69) is 26.8 Å². The number of fused-ring (bicyclic) bond motifs is 1. The Labute approximate surface area is 92.2 Å². The first-order chi connectivity index (χ1) is 7.31. The molecule has 0 saturated heterocycles. The number of aryl methyl sites for hydroxylation is 1. The smallest absolute Gasteiger partial charge is 0.231 e.